The fourth-order valence-corrected chi connectivity index (χ4v) is 1.18. The van der Waals surface area contributed by atoms with E-state index in [-0.39, 0.29) is 0 Å². The van der Waals surface area contributed by atoms with Gasteiger partial charge in [0.25, 0.3) is 0 Å². The molecule has 2 N–H and O–H groups in total. The third-order valence-electron chi connectivity index (χ3n) is 2.09. The summed E-state index contributed by atoms with van der Waals surface area (Å²) in [6.45, 7) is 4.42. The molecule has 1 rings (SSSR count). The van der Waals surface area contributed by atoms with E-state index < -0.39 is 12.2 Å². The lowest BCUT2D eigenvalue weighted by Gasteiger charge is -2.13. The lowest BCUT2D eigenvalue weighted by Crippen LogP contribution is -2.26. The molecule has 74 valence electrons. The van der Waals surface area contributed by atoms with Gasteiger partial charge < -0.3 is 14.8 Å². The first-order valence-corrected chi connectivity index (χ1v) is 4.51. The van der Waals surface area contributed by atoms with Gasteiger partial charge in [0.2, 0.25) is 0 Å². The van der Waals surface area contributed by atoms with Gasteiger partial charge in [-0.15, -0.1) is 0 Å². The Morgan fingerprint density at radius 1 is 1.54 bits per heavy atom. The molecule has 13 heavy (non-hydrogen) atoms. The van der Waals surface area contributed by atoms with Crippen molar-refractivity contribution in [1.29, 1.82) is 0 Å². The van der Waals surface area contributed by atoms with Gasteiger partial charge in [-0.2, -0.15) is 0 Å². The molecule has 0 bridgehead atoms. The number of aliphatic hydroxyl groups excluding tert-OH is 2. The van der Waals surface area contributed by atoms with Gasteiger partial charge in [-0.05, 0) is 13.8 Å². The van der Waals surface area contributed by atoms with Crippen LogP contribution in [0.2, 0.25) is 0 Å². The maximum absolute atomic E-state index is 9.41. The number of aliphatic hydroxyl groups is 2. The first kappa shape index (κ1) is 10.2. The lowest BCUT2D eigenvalue weighted by molar-refractivity contribution is 0.0303. The third-order valence-corrected chi connectivity index (χ3v) is 2.09. The predicted octanol–water partition coefficient (Wildman–Crippen LogP) is 0.187. The van der Waals surface area contributed by atoms with E-state index in [9.17, 15) is 5.11 Å². The number of hydrogen-bond acceptors (Lipinski definition) is 3. The Morgan fingerprint density at radius 2 is 2.23 bits per heavy atom. The van der Waals surface area contributed by atoms with Gasteiger partial charge in [-0.25, -0.2) is 4.98 Å². The fourth-order valence-electron chi connectivity index (χ4n) is 1.18. The summed E-state index contributed by atoms with van der Waals surface area (Å²) in [5.41, 5.74) is 0. The number of aryl methyl sites for hydroxylation is 1. The molecule has 1 aromatic heterocycles. The second-order valence-corrected chi connectivity index (χ2v) is 3.14. The average molecular weight is 184 g/mol. The molecule has 2 atom stereocenters. The maximum Gasteiger partial charge on any atom is 0.111 e. The molecule has 0 spiro atoms. The van der Waals surface area contributed by atoms with Crippen LogP contribution in [-0.2, 0) is 13.0 Å². The standard InChI is InChI=1S/C9H16N2O2/c1-3-11-5-4-10-9(11)6-8(13)7(2)12/h4-5,7-8,12-13H,3,6H2,1-2H3. The molecule has 0 saturated heterocycles. The van der Waals surface area contributed by atoms with Crippen molar-refractivity contribution in [3.05, 3.63) is 18.2 Å². The van der Waals surface area contributed by atoms with E-state index in [0.717, 1.165) is 12.4 Å². The number of rotatable bonds is 4. The van der Waals surface area contributed by atoms with Crippen LogP contribution in [-0.4, -0.2) is 32.0 Å². The third kappa shape index (κ3) is 2.54. The summed E-state index contributed by atoms with van der Waals surface area (Å²) >= 11 is 0. The fraction of sp³-hybridized carbons (Fsp3) is 0.667. The normalized spacial score (nSPS) is 15.7. The zero-order chi connectivity index (χ0) is 9.84. The van der Waals surface area contributed by atoms with Gasteiger partial charge in [-0.3, -0.25) is 0 Å². The summed E-state index contributed by atoms with van der Waals surface area (Å²) in [5.74, 6) is 0.816. The minimum Gasteiger partial charge on any atom is -0.391 e. The molecule has 0 aromatic carbocycles. The van der Waals surface area contributed by atoms with E-state index in [0.29, 0.717) is 6.42 Å². The Balaban J connectivity index is 2.62. The van der Waals surface area contributed by atoms with Gasteiger partial charge in [0.05, 0.1) is 12.2 Å². The van der Waals surface area contributed by atoms with E-state index >= 15 is 0 Å². The van der Waals surface area contributed by atoms with Gasteiger partial charge >= 0.3 is 0 Å². The van der Waals surface area contributed by atoms with Crippen molar-refractivity contribution in [1.82, 2.24) is 9.55 Å². The van der Waals surface area contributed by atoms with Crippen LogP contribution < -0.4 is 0 Å². The van der Waals surface area contributed by atoms with Crippen LogP contribution in [0.25, 0.3) is 0 Å². The molecule has 1 heterocycles. The topological polar surface area (TPSA) is 58.3 Å². The molecule has 0 fully saturated rings. The molecular formula is C9H16N2O2. The van der Waals surface area contributed by atoms with Gasteiger partial charge in [0.15, 0.2) is 0 Å². The Bertz CT molecular complexity index is 258. The molecule has 0 aliphatic rings. The van der Waals surface area contributed by atoms with Crippen molar-refractivity contribution in [2.75, 3.05) is 0 Å². The molecule has 2 unspecified atom stereocenters. The van der Waals surface area contributed by atoms with Gasteiger partial charge in [-0.1, -0.05) is 0 Å². The molecule has 0 radical (unpaired) electrons. The summed E-state index contributed by atoms with van der Waals surface area (Å²) in [4.78, 5) is 4.10. The van der Waals surface area contributed by atoms with E-state index in [1.165, 1.54) is 0 Å². The quantitative estimate of drug-likeness (QED) is 0.702. The monoisotopic (exact) mass is 184 g/mol. The average Bonchev–Trinajstić information content (AvgIpc) is 2.51. The first-order valence-electron chi connectivity index (χ1n) is 4.51. The molecule has 0 saturated carbocycles. The van der Waals surface area contributed by atoms with Crippen LogP contribution in [0.1, 0.15) is 19.7 Å². The molecule has 0 amide bonds. The van der Waals surface area contributed by atoms with Crippen LogP contribution in [0.4, 0.5) is 0 Å². The largest absolute Gasteiger partial charge is 0.391 e. The van der Waals surface area contributed by atoms with Crippen LogP contribution in [0.5, 0.6) is 0 Å². The number of aromatic nitrogens is 2. The Labute approximate surface area is 77.8 Å². The highest BCUT2D eigenvalue weighted by Crippen LogP contribution is 2.04. The minimum atomic E-state index is -0.729. The second kappa shape index (κ2) is 4.39. The second-order valence-electron chi connectivity index (χ2n) is 3.14. The number of imidazole rings is 1. The van der Waals surface area contributed by atoms with Gasteiger partial charge in [0.1, 0.15) is 5.82 Å². The molecule has 4 nitrogen and oxygen atoms in total. The molecule has 0 aliphatic heterocycles. The van der Waals surface area contributed by atoms with Crippen molar-refractivity contribution in [2.45, 2.75) is 39.0 Å². The van der Waals surface area contributed by atoms with Gasteiger partial charge in [0, 0.05) is 25.4 Å². The predicted molar refractivity (Wildman–Crippen MR) is 49.3 cm³/mol. The number of nitrogens with zero attached hydrogens (tertiary/aromatic N) is 2. The number of hydrogen-bond donors (Lipinski definition) is 2. The van der Waals surface area contributed by atoms with Crippen molar-refractivity contribution in [3.63, 3.8) is 0 Å². The highest BCUT2D eigenvalue weighted by Gasteiger charge is 2.14. The zero-order valence-electron chi connectivity index (χ0n) is 8.01. The Hall–Kier alpha value is -0.870. The highest BCUT2D eigenvalue weighted by atomic mass is 16.3. The minimum absolute atomic E-state index is 0.401. The molecule has 0 aliphatic carbocycles. The zero-order valence-corrected chi connectivity index (χ0v) is 8.01. The summed E-state index contributed by atoms with van der Waals surface area (Å²) in [6.07, 6.45) is 2.53. The Kier molecular flexibility index (Phi) is 3.45. The summed E-state index contributed by atoms with van der Waals surface area (Å²) in [7, 11) is 0. The van der Waals surface area contributed by atoms with E-state index in [1.54, 1.807) is 13.1 Å². The molecular weight excluding hydrogens is 168 g/mol. The summed E-state index contributed by atoms with van der Waals surface area (Å²) in [6, 6.07) is 0. The van der Waals surface area contributed by atoms with Crippen molar-refractivity contribution < 1.29 is 10.2 Å². The highest BCUT2D eigenvalue weighted by molar-refractivity contribution is 4.94. The summed E-state index contributed by atoms with van der Waals surface area (Å²) in [5, 5.41) is 18.5. The van der Waals surface area contributed by atoms with E-state index in [4.69, 9.17) is 5.11 Å². The SMILES string of the molecule is CCn1ccnc1CC(O)C(C)O. The van der Waals surface area contributed by atoms with Crippen molar-refractivity contribution >= 4 is 0 Å². The van der Waals surface area contributed by atoms with Crippen LogP contribution in [0, 0.1) is 0 Å². The van der Waals surface area contributed by atoms with E-state index in [1.807, 2.05) is 17.7 Å². The van der Waals surface area contributed by atoms with E-state index in [2.05, 4.69) is 4.98 Å². The molecule has 1 aromatic rings. The van der Waals surface area contributed by atoms with Crippen LogP contribution >= 0.6 is 0 Å². The smallest absolute Gasteiger partial charge is 0.111 e. The van der Waals surface area contributed by atoms with Crippen LogP contribution in [0.3, 0.4) is 0 Å². The Morgan fingerprint density at radius 3 is 2.77 bits per heavy atom. The first-order chi connectivity index (χ1) is 6.15. The molecule has 4 heteroatoms. The van der Waals surface area contributed by atoms with Crippen LogP contribution in [0.15, 0.2) is 12.4 Å². The maximum atomic E-state index is 9.41. The van der Waals surface area contributed by atoms with Crippen molar-refractivity contribution in [3.8, 4) is 0 Å². The lowest BCUT2D eigenvalue weighted by atomic mass is 10.1. The van der Waals surface area contributed by atoms with Crippen molar-refractivity contribution in [2.24, 2.45) is 0 Å². The summed E-state index contributed by atoms with van der Waals surface area (Å²) < 4.78 is 1.95.